The van der Waals surface area contributed by atoms with Crippen LogP contribution in [0.2, 0.25) is 0 Å². The molecule has 0 radical (unpaired) electrons. The van der Waals surface area contributed by atoms with E-state index < -0.39 is 0 Å². The molecule has 4 unspecified atom stereocenters. The minimum Gasteiger partial charge on any atom is -0.0656 e. The molecular formula is C26H54. The Bertz CT molecular complexity index is 288. The van der Waals surface area contributed by atoms with Crippen molar-refractivity contribution in [1.82, 2.24) is 0 Å². The highest BCUT2D eigenvalue weighted by molar-refractivity contribution is 4.98. The topological polar surface area (TPSA) is 0 Å². The Morgan fingerprint density at radius 1 is 0.538 bits per heavy atom. The molecule has 0 N–H and O–H groups in total. The van der Waals surface area contributed by atoms with Crippen LogP contribution in [-0.2, 0) is 0 Å². The molecule has 26 heavy (non-hydrogen) atoms. The Hall–Kier alpha value is 0. The summed E-state index contributed by atoms with van der Waals surface area (Å²) >= 11 is 0. The maximum Gasteiger partial charge on any atom is 0 e. The first-order valence-corrected chi connectivity index (χ1v) is 12.6. The maximum absolute atomic E-state index is 2.33. The molecule has 0 saturated heterocycles. The van der Waals surface area contributed by atoms with Crippen molar-refractivity contribution in [3.8, 4) is 0 Å². The fourth-order valence-corrected chi connectivity index (χ4v) is 6.07. The Labute approximate surface area is 168 Å². The lowest BCUT2D eigenvalue weighted by atomic mass is 9.80. The standard InChI is InChI=1S/C10H16.C10H20.2C3H8.H2/c1-2-9-7-4-5-8(6-7)10(9)3-1;1-3-9-5-7-10(4-2)8-6-9;2*1-3-2;/h7-10H,1-6H2;9-10H,3-8H2,1-2H3;2*3H2,1-2H3;1H. The summed E-state index contributed by atoms with van der Waals surface area (Å²) in [7, 11) is 0. The molecular weight excluding hydrogens is 312 g/mol. The lowest BCUT2D eigenvalue weighted by Gasteiger charge is -2.26. The van der Waals surface area contributed by atoms with Gasteiger partial charge in [-0.25, -0.2) is 0 Å². The maximum atomic E-state index is 2.33. The molecule has 158 valence electrons. The normalized spacial score (nSPS) is 36.7. The molecule has 4 fully saturated rings. The summed E-state index contributed by atoms with van der Waals surface area (Å²) in [6.45, 7) is 13.2. The fraction of sp³-hybridized carbons (Fsp3) is 1.00. The quantitative estimate of drug-likeness (QED) is 0.456. The van der Waals surface area contributed by atoms with Crippen molar-refractivity contribution < 1.29 is 1.43 Å². The third-order valence-electron chi connectivity index (χ3n) is 7.47. The lowest BCUT2D eigenvalue weighted by Crippen LogP contribution is -2.15. The molecule has 4 aliphatic carbocycles. The third kappa shape index (κ3) is 7.55. The molecule has 2 bridgehead atoms. The number of fused-ring (bicyclic) bond motifs is 5. The van der Waals surface area contributed by atoms with Crippen molar-refractivity contribution in [1.29, 1.82) is 0 Å². The molecule has 0 heterocycles. The van der Waals surface area contributed by atoms with Gasteiger partial charge in [-0.2, -0.15) is 0 Å². The molecule has 0 heteroatoms. The van der Waals surface area contributed by atoms with Crippen LogP contribution in [0, 0.1) is 35.5 Å². The molecule has 0 aromatic rings. The zero-order chi connectivity index (χ0) is 19.4. The van der Waals surface area contributed by atoms with E-state index in [1.165, 1.54) is 75.0 Å². The summed E-state index contributed by atoms with van der Waals surface area (Å²) in [6, 6.07) is 0. The van der Waals surface area contributed by atoms with Gasteiger partial charge in [0.15, 0.2) is 0 Å². The smallest absolute Gasteiger partial charge is 0 e. The van der Waals surface area contributed by atoms with E-state index in [9.17, 15) is 0 Å². The average Bonchev–Trinajstić information content (AvgIpc) is 3.38. The Balaban J connectivity index is 0.000000380. The van der Waals surface area contributed by atoms with Crippen LogP contribution in [0.25, 0.3) is 0 Å². The molecule has 0 nitrogen and oxygen atoms in total. The minimum absolute atomic E-state index is 0. The second-order valence-electron chi connectivity index (χ2n) is 9.71. The van der Waals surface area contributed by atoms with Gasteiger partial charge >= 0.3 is 0 Å². The summed E-state index contributed by atoms with van der Waals surface area (Å²) < 4.78 is 0. The summed E-state index contributed by atoms with van der Waals surface area (Å²) in [5.74, 6) is 6.94. The van der Waals surface area contributed by atoms with Crippen molar-refractivity contribution in [2.45, 2.75) is 131 Å². The Morgan fingerprint density at radius 2 is 0.885 bits per heavy atom. The van der Waals surface area contributed by atoms with Crippen LogP contribution in [0.15, 0.2) is 0 Å². The van der Waals surface area contributed by atoms with E-state index in [4.69, 9.17) is 0 Å². The van der Waals surface area contributed by atoms with Crippen LogP contribution in [0.3, 0.4) is 0 Å². The zero-order valence-electron chi connectivity index (χ0n) is 19.4. The lowest BCUT2D eigenvalue weighted by molar-refractivity contribution is 0.259. The van der Waals surface area contributed by atoms with Crippen molar-refractivity contribution in [3.05, 3.63) is 0 Å². The molecule has 4 aliphatic rings. The summed E-state index contributed by atoms with van der Waals surface area (Å²) in [4.78, 5) is 0. The summed E-state index contributed by atoms with van der Waals surface area (Å²) in [6.07, 6.45) is 20.9. The minimum atomic E-state index is 0. The van der Waals surface area contributed by atoms with E-state index in [1.54, 1.807) is 38.5 Å². The number of rotatable bonds is 2. The van der Waals surface area contributed by atoms with Crippen LogP contribution < -0.4 is 0 Å². The first kappa shape index (κ1) is 24.0. The third-order valence-corrected chi connectivity index (χ3v) is 7.47. The van der Waals surface area contributed by atoms with E-state index in [2.05, 4.69) is 41.5 Å². The molecule has 4 atom stereocenters. The van der Waals surface area contributed by atoms with E-state index in [1.807, 2.05) is 0 Å². The average molecular weight is 367 g/mol. The van der Waals surface area contributed by atoms with Crippen LogP contribution in [0.4, 0.5) is 0 Å². The summed E-state index contributed by atoms with van der Waals surface area (Å²) in [5, 5.41) is 0. The highest BCUT2D eigenvalue weighted by atomic mass is 14.5. The van der Waals surface area contributed by atoms with Crippen molar-refractivity contribution in [3.63, 3.8) is 0 Å². The molecule has 0 aliphatic heterocycles. The predicted octanol–water partition coefficient (Wildman–Crippen LogP) is 9.52. The van der Waals surface area contributed by atoms with Crippen LogP contribution in [0.1, 0.15) is 133 Å². The number of hydrogen-bond acceptors (Lipinski definition) is 0. The summed E-state index contributed by atoms with van der Waals surface area (Å²) in [5.41, 5.74) is 0. The monoisotopic (exact) mass is 366 g/mol. The van der Waals surface area contributed by atoms with Crippen LogP contribution in [-0.4, -0.2) is 0 Å². The van der Waals surface area contributed by atoms with Gasteiger partial charge in [0.1, 0.15) is 0 Å². The van der Waals surface area contributed by atoms with Gasteiger partial charge in [0.05, 0.1) is 0 Å². The fourth-order valence-electron chi connectivity index (χ4n) is 6.07. The Kier molecular flexibility index (Phi) is 13.0. The highest BCUT2D eigenvalue weighted by Crippen LogP contribution is 2.58. The van der Waals surface area contributed by atoms with Gasteiger partial charge in [-0.15, -0.1) is 0 Å². The van der Waals surface area contributed by atoms with Gasteiger partial charge in [0.25, 0.3) is 0 Å². The van der Waals surface area contributed by atoms with Gasteiger partial charge < -0.3 is 0 Å². The molecule has 0 spiro atoms. The van der Waals surface area contributed by atoms with E-state index >= 15 is 0 Å². The molecule has 0 amide bonds. The highest BCUT2D eigenvalue weighted by Gasteiger charge is 2.48. The van der Waals surface area contributed by atoms with Gasteiger partial charge in [-0.05, 0) is 67.6 Å². The van der Waals surface area contributed by atoms with E-state index in [0.29, 0.717) is 0 Å². The van der Waals surface area contributed by atoms with Gasteiger partial charge in [0.2, 0.25) is 0 Å². The molecule has 0 aromatic heterocycles. The molecule has 4 rings (SSSR count). The first-order valence-electron chi connectivity index (χ1n) is 12.6. The Morgan fingerprint density at radius 3 is 1.19 bits per heavy atom. The second kappa shape index (κ2) is 14.1. The van der Waals surface area contributed by atoms with E-state index in [-0.39, 0.29) is 1.43 Å². The zero-order valence-corrected chi connectivity index (χ0v) is 19.4. The van der Waals surface area contributed by atoms with Crippen molar-refractivity contribution in [2.75, 3.05) is 0 Å². The second-order valence-corrected chi connectivity index (χ2v) is 9.71. The number of hydrogen-bond donors (Lipinski definition) is 0. The van der Waals surface area contributed by atoms with E-state index in [0.717, 1.165) is 11.8 Å². The predicted molar refractivity (Wildman–Crippen MR) is 122 cm³/mol. The van der Waals surface area contributed by atoms with Gasteiger partial charge in [0, 0.05) is 1.43 Å². The van der Waals surface area contributed by atoms with Crippen molar-refractivity contribution >= 4 is 0 Å². The molecule has 0 aromatic carbocycles. The largest absolute Gasteiger partial charge is 0.0656 e. The molecule has 4 saturated carbocycles. The van der Waals surface area contributed by atoms with Crippen LogP contribution >= 0.6 is 0 Å². The SMILES string of the molecule is C1CC2C3CCC(C3)C2C1.CCC.CCC.CCC1CCC(CC)CC1.[HH]. The van der Waals surface area contributed by atoms with Crippen molar-refractivity contribution in [2.24, 2.45) is 35.5 Å². The first-order chi connectivity index (χ1) is 12.6. The van der Waals surface area contributed by atoms with Crippen LogP contribution in [0.5, 0.6) is 0 Å². The van der Waals surface area contributed by atoms with Gasteiger partial charge in [-0.3, -0.25) is 0 Å². The van der Waals surface area contributed by atoms with Gasteiger partial charge in [-0.1, -0.05) is 99.3 Å².